The van der Waals surface area contributed by atoms with E-state index in [1.54, 1.807) is 12.1 Å². The van der Waals surface area contributed by atoms with Gasteiger partial charge in [0.2, 0.25) is 0 Å². The largest absolute Gasteiger partial charge is 0.358 e. The van der Waals surface area contributed by atoms with Crippen molar-refractivity contribution in [2.45, 2.75) is 25.5 Å². The van der Waals surface area contributed by atoms with Gasteiger partial charge >= 0.3 is 6.03 Å². The number of halogens is 1. The van der Waals surface area contributed by atoms with Crippen molar-refractivity contribution in [3.8, 4) is 0 Å². The summed E-state index contributed by atoms with van der Waals surface area (Å²) in [6, 6.07) is 6.05. The molecule has 1 aromatic carbocycles. The number of hydrogen-bond donors (Lipinski definition) is 2. The van der Waals surface area contributed by atoms with Crippen molar-refractivity contribution in [2.75, 3.05) is 13.2 Å². The predicted molar refractivity (Wildman–Crippen MR) is 65.6 cm³/mol. The molecule has 1 aliphatic heterocycles. The fourth-order valence-electron chi connectivity index (χ4n) is 1.86. The highest BCUT2D eigenvalue weighted by Gasteiger charge is 2.16. The Morgan fingerprint density at radius 2 is 2.17 bits per heavy atom. The van der Waals surface area contributed by atoms with Crippen molar-refractivity contribution >= 4 is 6.03 Å². The standard InChI is InChI=1S/C13H17FN2O2/c14-11-5-3-10(4-6-11)7-8-15-13(17)16-12-2-1-9-18-12/h3-6,12H,1-2,7-9H2,(H2,15,16,17). The number of carbonyl (C=O) groups excluding carboxylic acids is 1. The molecule has 1 aliphatic rings. The maximum atomic E-state index is 12.7. The number of carbonyl (C=O) groups is 1. The lowest BCUT2D eigenvalue weighted by molar-refractivity contribution is 0.0908. The van der Waals surface area contributed by atoms with Crippen LogP contribution in [-0.2, 0) is 11.2 Å². The van der Waals surface area contributed by atoms with Gasteiger partial charge in [-0.1, -0.05) is 12.1 Å². The second-order valence-electron chi connectivity index (χ2n) is 4.28. The lowest BCUT2D eigenvalue weighted by atomic mass is 10.1. The molecule has 0 saturated carbocycles. The quantitative estimate of drug-likeness (QED) is 0.858. The number of hydrogen-bond acceptors (Lipinski definition) is 2. The zero-order chi connectivity index (χ0) is 12.8. The minimum atomic E-state index is -0.247. The van der Waals surface area contributed by atoms with Gasteiger partial charge in [0.25, 0.3) is 0 Å². The van der Waals surface area contributed by atoms with Crippen LogP contribution in [0.25, 0.3) is 0 Å². The van der Waals surface area contributed by atoms with Gasteiger partial charge in [-0.3, -0.25) is 0 Å². The van der Waals surface area contributed by atoms with Crippen LogP contribution in [0.2, 0.25) is 0 Å². The van der Waals surface area contributed by atoms with E-state index in [1.165, 1.54) is 12.1 Å². The molecule has 18 heavy (non-hydrogen) atoms. The van der Waals surface area contributed by atoms with Crippen LogP contribution in [0, 0.1) is 5.82 Å². The third kappa shape index (κ3) is 4.00. The van der Waals surface area contributed by atoms with Gasteiger partial charge in [0.05, 0.1) is 0 Å². The van der Waals surface area contributed by atoms with Crippen LogP contribution < -0.4 is 10.6 Å². The highest BCUT2D eigenvalue weighted by atomic mass is 19.1. The summed E-state index contributed by atoms with van der Waals surface area (Å²) in [5, 5.41) is 5.49. The fourth-order valence-corrected chi connectivity index (χ4v) is 1.86. The Balaban J connectivity index is 1.65. The summed E-state index contributed by atoms with van der Waals surface area (Å²) in [7, 11) is 0. The molecule has 1 unspecified atom stereocenters. The molecular weight excluding hydrogens is 235 g/mol. The summed E-state index contributed by atoms with van der Waals surface area (Å²) in [6.45, 7) is 1.23. The van der Waals surface area contributed by atoms with Crippen LogP contribution in [-0.4, -0.2) is 25.4 Å². The van der Waals surface area contributed by atoms with E-state index in [-0.39, 0.29) is 18.1 Å². The number of benzene rings is 1. The van der Waals surface area contributed by atoms with Gasteiger partial charge in [-0.15, -0.1) is 0 Å². The van der Waals surface area contributed by atoms with Crippen molar-refractivity contribution in [2.24, 2.45) is 0 Å². The van der Waals surface area contributed by atoms with Crippen molar-refractivity contribution in [1.82, 2.24) is 10.6 Å². The summed E-state index contributed by atoms with van der Waals surface area (Å²) >= 11 is 0. The van der Waals surface area contributed by atoms with Crippen LogP contribution in [0.15, 0.2) is 24.3 Å². The molecule has 0 radical (unpaired) electrons. The molecule has 0 aliphatic carbocycles. The van der Waals surface area contributed by atoms with Crippen molar-refractivity contribution in [3.05, 3.63) is 35.6 Å². The van der Waals surface area contributed by atoms with Gasteiger partial charge in [0.1, 0.15) is 12.0 Å². The SMILES string of the molecule is O=C(NCCc1ccc(F)cc1)NC1CCCO1. The van der Waals surface area contributed by atoms with Crippen LogP contribution in [0.4, 0.5) is 9.18 Å². The average Bonchev–Trinajstić information content (AvgIpc) is 2.84. The zero-order valence-electron chi connectivity index (χ0n) is 10.1. The van der Waals surface area contributed by atoms with E-state index in [4.69, 9.17) is 4.74 Å². The molecule has 5 heteroatoms. The van der Waals surface area contributed by atoms with Gasteiger partial charge in [-0.25, -0.2) is 9.18 Å². The second-order valence-corrected chi connectivity index (χ2v) is 4.28. The lowest BCUT2D eigenvalue weighted by Gasteiger charge is -2.12. The molecule has 2 N–H and O–H groups in total. The highest BCUT2D eigenvalue weighted by molar-refractivity contribution is 5.74. The fraction of sp³-hybridized carbons (Fsp3) is 0.462. The first-order chi connectivity index (χ1) is 8.74. The third-order valence-corrected chi connectivity index (χ3v) is 2.83. The maximum Gasteiger partial charge on any atom is 0.316 e. The molecule has 1 heterocycles. The minimum absolute atomic E-state index is 0.157. The normalized spacial score (nSPS) is 18.6. The second kappa shape index (κ2) is 6.35. The van der Waals surface area contributed by atoms with E-state index in [9.17, 15) is 9.18 Å². The van der Waals surface area contributed by atoms with Crippen LogP contribution in [0.1, 0.15) is 18.4 Å². The smallest absolute Gasteiger partial charge is 0.316 e. The van der Waals surface area contributed by atoms with Crippen LogP contribution in [0.5, 0.6) is 0 Å². The molecule has 2 rings (SSSR count). The molecule has 2 amide bonds. The topological polar surface area (TPSA) is 50.4 Å². The summed E-state index contributed by atoms with van der Waals surface area (Å²) in [5.41, 5.74) is 0.994. The molecule has 0 bridgehead atoms. The van der Waals surface area contributed by atoms with E-state index >= 15 is 0 Å². The maximum absolute atomic E-state index is 12.7. The van der Waals surface area contributed by atoms with Crippen molar-refractivity contribution in [3.63, 3.8) is 0 Å². The molecule has 0 spiro atoms. The first-order valence-electron chi connectivity index (χ1n) is 6.14. The lowest BCUT2D eigenvalue weighted by Crippen LogP contribution is -2.42. The number of ether oxygens (including phenoxy) is 1. The highest BCUT2D eigenvalue weighted by Crippen LogP contribution is 2.08. The summed E-state index contributed by atoms with van der Waals surface area (Å²) in [5.74, 6) is -0.247. The van der Waals surface area contributed by atoms with E-state index in [0.717, 1.165) is 18.4 Å². The van der Waals surface area contributed by atoms with E-state index in [2.05, 4.69) is 10.6 Å². The van der Waals surface area contributed by atoms with E-state index in [0.29, 0.717) is 19.6 Å². The van der Waals surface area contributed by atoms with Gasteiger partial charge in [-0.2, -0.15) is 0 Å². The first kappa shape index (κ1) is 12.8. The number of amides is 2. The summed E-state index contributed by atoms with van der Waals surface area (Å²) in [6.07, 6.45) is 2.38. The molecule has 98 valence electrons. The molecular formula is C13H17FN2O2. The molecule has 1 fully saturated rings. The Morgan fingerprint density at radius 1 is 1.39 bits per heavy atom. The van der Waals surface area contributed by atoms with E-state index in [1.807, 2.05) is 0 Å². The number of nitrogens with one attached hydrogen (secondary N) is 2. The minimum Gasteiger partial charge on any atom is -0.358 e. The average molecular weight is 252 g/mol. The molecule has 1 atom stereocenters. The third-order valence-electron chi connectivity index (χ3n) is 2.83. The van der Waals surface area contributed by atoms with Crippen molar-refractivity contribution < 1.29 is 13.9 Å². The Labute approximate surface area is 106 Å². The summed E-state index contributed by atoms with van der Waals surface area (Å²) in [4.78, 5) is 11.5. The molecule has 4 nitrogen and oxygen atoms in total. The van der Waals surface area contributed by atoms with Gasteiger partial charge in [0, 0.05) is 13.2 Å². The predicted octanol–water partition coefficient (Wildman–Crippen LogP) is 1.80. The van der Waals surface area contributed by atoms with Gasteiger partial charge in [0.15, 0.2) is 0 Å². The monoisotopic (exact) mass is 252 g/mol. The first-order valence-corrected chi connectivity index (χ1v) is 6.14. The van der Waals surface area contributed by atoms with Gasteiger partial charge in [-0.05, 0) is 37.0 Å². The van der Waals surface area contributed by atoms with Crippen molar-refractivity contribution in [1.29, 1.82) is 0 Å². The Bertz CT molecular complexity index is 388. The van der Waals surface area contributed by atoms with E-state index < -0.39 is 0 Å². The zero-order valence-corrected chi connectivity index (χ0v) is 10.1. The Morgan fingerprint density at radius 3 is 2.83 bits per heavy atom. The Hall–Kier alpha value is -1.62. The van der Waals surface area contributed by atoms with Crippen LogP contribution in [0.3, 0.4) is 0 Å². The number of urea groups is 1. The summed E-state index contributed by atoms with van der Waals surface area (Å²) < 4.78 is 18.0. The van der Waals surface area contributed by atoms with Gasteiger partial charge < -0.3 is 15.4 Å². The molecule has 1 aromatic rings. The number of rotatable bonds is 4. The molecule has 1 saturated heterocycles. The molecule has 0 aromatic heterocycles. The van der Waals surface area contributed by atoms with Crippen LogP contribution >= 0.6 is 0 Å². The Kier molecular flexibility index (Phi) is 4.52.